The lowest BCUT2D eigenvalue weighted by molar-refractivity contribution is -0.384. The number of aromatic nitrogens is 1. The van der Waals surface area contributed by atoms with Gasteiger partial charge in [-0.3, -0.25) is 14.9 Å². The molecule has 7 nitrogen and oxygen atoms in total. The van der Waals surface area contributed by atoms with Crippen molar-refractivity contribution in [2.45, 2.75) is 26.8 Å². The van der Waals surface area contributed by atoms with Gasteiger partial charge in [0, 0.05) is 12.6 Å². The minimum absolute atomic E-state index is 0.0188. The first-order chi connectivity index (χ1) is 9.31. The number of carbonyl (C=O) groups is 1. The number of nitrogens with zero attached hydrogens (tertiary/aromatic N) is 2. The number of halogens is 1. The maximum atomic E-state index is 11.8. The summed E-state index contributed by atoms with van der Waals surface area (Å²) in [6, 6.07) is 1.92. The highest BCUT2D eigenvalue weighted by Crippen LogP contribution is 2.24. The number of carbonyl (C=O) groups excluding carboxylic acids is 1. The summed E-state index contributed by atoms with van der Waals surface area (Å²) in [6.45, 7) is 6.08. The summed E-state index contributed by atoms with van der Waals surface area (Å²) < 4.78 is 0. The largest absolute Gasteiger partial charge is 0.354 e. The molecule has 1 heterocycles. The lowest BCUT2D eigenvalue weighted by Crippen LogP contribution is -2.39. The predicted molar refractivity (Wildman–Crippen MR) is 76.8 cm³/mol. The molecular formula is C12H17ClN4O3. The predicted octanol–water partition coefficient (Wildman–Crippen LogP) is 2.22. The minimum Gasteiger partial charge on any atom is -0.354 e. The molecule has 110 valence electrons. The molecule has 0 aliphatic rings. The van der Waals surface area contributed by atoms with Gasteiger partial charge in [0.1, 0.15) is 11.2 Å². The summed E-state index contributed by atoms with van der Waals surface area (Å²) in [5, 5.41) is 16.4. The molecule has 8 heteroatoms. The molecule has 0 saturated heterocycles. The van der Waals surface area contributed by atoms with Gasteiger partial charge in [0.15, 0.2) is 0 Å². The van der Waals surface area contributed by atoms with Crippen LogP contribution in [0.25, 0.3) is 0 Å². The average Bonchev–Trinajstić information content (AvgIpc) is 2.35. The van der Waals surface area contributed by atoms with Crippen LogP contribution in [0.5, 0.6) is 0 Å². The van der Waals surface area contributed by atoms with Crippen LogP contribution >= 0.6 is 11.6 Å². The van der Waals surface area contributed by atoms with Crippen LogP contribution in [0.4, 0.5) is 11.5 Å². The van der Waals surface area contributed by atoms with Crippen LogP contribution in [0.15, 0.2) is 12.1 Å². The van der Waals surface area contributed by atoms with Crippen molar-refractivity contribution in [3.63, 3.8) is 0 Å². The highest BCUT2D eigenvalue weighted by atomic mass is 35.5. The van der Waals surface area contributed by atoms with Crippen molar-refractivity contribution in [3.8, 4) is 0 Å². The van der Waals surface area contributed by atoms with Crippen molar-refractivity contribution in [2.24, 2.45) is 5.92 Å². The fourth-order valence-corrected chi connectivity index (χ4v) is 1.56. The van der Waals surface area contributed by atoms with E-state index in [1.54, 1.807) is 6.92 Å². The quantitative estimate of drug-likeness (QED) is 0.477. The summed E-state index contributed by atoms with van der Waals surface area (Å²) in [6.07, 6.45) is 0. The summed E-state index contributed by atoms with van der Waals surface area (Å²) in [7, 11) is 0. The minimum atomic E-state index is -0.654. The number of rotatable bonds is 6. The van der Waals surface area contributed by atoms with E-state index in [0.29, 0.717) is 12.5 Å². The van der Waals surface area contributed by atoms with Crippen LogP contribution in [0.1, 0.15) is 20.8 Å². The summed E-state index contributed by atoms with van der Waals surface area (Å²) in [4.78, 5) is 26.0. The van der Waals surface area contributed by atoms with Crippen LogP contribution in [0, 0.1) is 16.0 Å². The molecule has 0 aliphatic heterocycles. The number of pyridine rings is 1. The van der Waals surface area contributed by atoms with Crippen molar-refractivity contribution in [3.05, 3.63) is 27.4 Å². The van der Waals surface area contributed by atoms with E-state index >= 15 is 0 Å². The van der Waals surface area contributed by atoms with E-state index in [9.17, 15) is 14.9 Å². The maximum absolute atomic E-state index is 11.8. The highest BCUT2D eigenvalue weighted by molar-refractivity contribution is 6.29. The standard InChI is InChI=1S/C12H17ClN4O3/c1-7(2)6-14-12(18)8(3)15-11-9(17(19)20)4-5-10(13)16-11/h4-5,7-8H,6H2,1-3H3,(H,14,18)(H,15,16). The van der Waals surface area contributed by atoms with Gasteiger partial charge in [0.2, 0.25) is 11.7 Å². The van der Waals surface area contributed by atoms with Crippen molar-refractivity contribution < 1.29 is 9.72 Å². The van der Waals surface area contributed by atoms with Crippen LogP contribution < -0.4 is 10.6 Å². The number of amides is 1. The number of hydrogen-bond donors (Lipinski definition) is 2. The molecule has 1 unspecified atom stereocenters. The molecule has 0 saturated carbocycles. The van der Waals surface area contributed by atoms with Crippen LogP contribution in [-0.2, 0) is 4.79 Å². The van der Waals surface area contributed by atoms with Crippen molar-refractivity contribution >= 4 is 29.0 Å². The van der Waals surface area contributed by atoms with Crippen molar-refractivity contribution in [1.29, 1.82) is 0 Å². The summed E-state index contributed by atoms with van der Waals surface area (Å²) in [5.41, 5.74) is -0.224. The third-order valence-corrected chi connectivity index (χ3v) is 2.68. The van der Waals surface area contributed by atoms with E-state index in [2.05, 4.69) is 15.6 Å². The SMILES string of the molecule is CC(C)CNC(=O)C(C)Nc1nc(Cl)ccc1[N+](=O)[O-]. The second-order valence-corrected chi connectivity index (χ2v) is 5.15. The highest BCUT2D eigenvalue weighted by Gasteiger charge is 2.20. The Hall–Kier alpha value is -1.89. The molecule has 1 aromatic heterocycles. The zero-order valence-corrected chi connectivity index (χ0v) is 12.3. The zero-order chi connectivity index (χ0) is 15.3. The van der Waals surface area contributed by atoms with Gasteiger partial charge in [-0.05, 0) is 18.9 Å². The van der Waals surface area contributed by atoms with Gasteiger partial charge >= 0.3 is 5.69 Å². The first-order valence-electron chi connectivity index (χ1n) is 6.16. The van der Waals surface area contributed by atoms with E-state index in [4.69, 9.17) is 11.6 Å². The third-order valence-electron chi connectivity index (χ3n) is 2.47. The van der Waals surface area contributed by atoms with Crippen LogP contribution in [0.2, 0.25) is 5.15 Å². The first kappa shape index (κ1) is 16.2. The Bertz CT molecular complexity index is 507. The third kappa shape index (κ3) is 4.65. The van der Waals surface area contributed by atoms with Crippen molar-refractivity contribution in [2.75, 3.05) is 11.9 Å². The lowest BCUT2D eigenvalue weighted by atomic mass is 10.2. The fourth-order valence-electron chi connectivity index (χ4n) is 1.41. The molecule has 0 aliphatic carbocycles. The topological polar surface area (TPSA) is 97.2 Å². The summed E-state index contributed by atoms with van der Waals surface area (Å²) >= 11 is 5.71. The molecule has 20 heavy (non-hydrogen) atoms. The number of nitro groups is 1. The van der Waals surface area contributed by atoms with Crippen LogP contribution in [-0.4, -0.2) is 28.4 Å². The van der Waals surface area contributed by atoms with Gasteiger partial charge in [0.05, 0.1) is 4.92 Å². The molecule has 1 amide bonds. The fraction of sp³-hybridized carbons (Fsp3) is 0.500. The molecule has 2 N–H and O–H groups in total. The van der Waals surface area contributed by atoms with E-state index in [-0.39, 0.29) is 22.6 Å². The molecule has 1 aromatic rings. The molecule has 0 aromatic carbocycles. The maximum Gasteiger partial charge on any atom is 0.311 e. The number of nitrogens with one attached hydrogen (secondary N) is 2. The Kier molecular flexibility index (Phi) is 5.69. The van der Waals surface area contributed by atoms with Gasteiger partial charge in [-0.1, -0.05) is 25.4 Å². The Morgan fingerprint density at radius 3 is 2.65 bits per heavy atom. The van der Waals surface area contributed by atoms with Gasteiger partial charge in [-0.2, -0.15) is 0 Å². The molecule has 0 spiro atoms. The second kappa shape index (κ2) is 7.04. The molecule has 0 radical (unpaired) electrons. The van der Waals surface area contributed by atoms with Crippen molar-refractivity contribution in [1.82, 2.24) is 10.3 Å². The average molecular weight is 301 g/mol. The van der Waals surface area contributed by atoms with E-state index in [1.165, 1.54) is 12.1 Å². The smallest absolute Gasteiger partial charge is 0.311 e. The second-order valence-electron chi connectivity index (χ2n) is 4.76. The van der Waals surface area contributed by atoms with Gasteiger partial charge < -0.3 is 10.6 Å². The Balaban J connectivity index is 2.79. The lowest BCUT2D eigenvalue weighted by Gasteiger charge is -2.15. The summed E-state index contributed by atoms with van der Waals surface area (Å²) in [5.74, 6) is 0.0502. The van der Waals surface area contributed by atoms with Gasteiger partial charge in [-0.25, -0.2) is 4.98 Å². The molecule has 0 bridgehead atoms. The van der Waals surface area contributed by atoms with Gasteiger partial charge in [0.25, 0.3) is 0 Å². The Morgan fingerprint density at radius 2 is 2.10 bits per heavy atom. The number of anilines is 1. The monoisotopic (exact) mass is 300 g/mol. The zero-order valence-electron chi connectivity index (χ0n) is 11.5. The Labute approximate surface area is 121 Å². The molecule has 1 atom stereocenters. The number of hydrogen-bond acceptors (Lipinski definition) is 5. The van der Waals surface area contributed by atoms with E-state index < -0.39 is 11.0 Å². The molecular weight excluding hydrogens is 284 g/mol. The normalized spacial score (nSPS) is 12.1. The van der Waals surface area contributed by atoms with E-state index in [0.717, 1.165) is 0 Å². The molecule has 0 fully saturated rings. The van der Waals surface area contributed by atoms with E-state index in [1.807, 2.05) is 13.8 Å². The van der Waals surface area contributed by atoms with Gasteiger partial charge in [-0.15, -0.1) is 0 Å². The Morgan fingerprint density at radius 1 is 1.45 bits per heavy atom. The van der Waals surface area contributed by atoms with Crippen LogP contribution in [0.3, 0.4) is 0 Å². The molecule has 1 rings (SSSR count). The first-order valence-corrected chi connectivity index (χ1v) is 6.54.